The molecule has 3 rings (SSSR count). The summed E-state index contributed by atoms with van der Waals surface area (Å²) in [5.41, 5.74) is 4.09. The Morgan fingerprint density at radius 1 is 1.14 bits per heavy atom. The third-order valence-electron chi connectivity index (χ3n) is 3.01. The number of fused-ring (bicyclic) bond motifs is 1. The Bertz CT molecular complexity index is 807. The Morgan fingerprint density at radius 2 is 1.95 bits per heavy atom. The predicted octanol–water partition coefficient (Wildman–Crippen LogP) is 2.88. The molecule has 0 atom stereocenters. The van der Waals surface area contributed by atoms with Crippen molar-refractivity contribution in [3.8, 4) is 0 Å². The van der Waals surface area contributed by atoms with Crippen molar-refractivity contribution in [1.82, 2.24) is 9.97 Å². The summed E-state index contributed by atoms with van der Waals surface area (Å²) in [4.78, 5) is 23.1. The largest absolute Gasteiger partial charge is 0.345 e. The highest BCUT2D eigenvalue weighted by atomic mass is 16.7. The molecule has 1 aromatic heterocycles. The Morgan fingerprint density at radius 3 is 2.71 bits per heavy atom. The highest BCUT2D eigenvalue weighted by Gasteiger charge is 2.10. The Labute approximate surface area is 121 Å². The first-order valence-electron chi connectivity index (χ1n) is 6.48. The third kappa shape index (κ3) is 2.81. The molecule has 0 amide bonds. The van der Waals surface area contributed by atoms with Gasteiger partial charge < -0.3 is 9.82 Å². The van der Waals surface area contributed by atoms with Crippen LogP contribution in [-0.2, 0) is 9.63 Å². The molecular weight excluding hydrogens is 266 g/mol. The predicted molar refractivity (Wildman–Crippen MR) is 79.9 cm³/mol. The number of rotatable bonds is 3. The quantitative estimate of drug-likeness (QED) is 0.455. The average Bonchev–Trinajstić information content (AvgIpc) is 2.96. The molecule has 5 nitrogen and oxygen atoms in total. The van der Waals surface area contributed by atoms with E-state index in [2.05, 4.69) is 15.1 Å². The normalized spacial score (nSPS) is 11.6. The molecule has 0 aliphatic rings. The number of nitrogens with zero attached hydrogens (tertiary/aromatic N) is 2. The number of H-pyrrole nitrogens is 1. The number of benzene rings is 2. The van der Waals surface area contributed by atoms with Gasteiger partial charge in [-0.2, -0.15) is 0 Å². The van der Waals surface area contributed by atoms with Gasteiger partial charge in [0.1, 0.15) is 5.71 Å². The smallest absolute Gasteiger partial charge is 0.332 e. The van der Waals surface area contributed by atoms with Crippen LogP contribution in [0.1, 0.15) is 18.1 Å². The van der Waals surface area contributed by atoms with Crippen LogP contribution >= 0.6 is 0 Å². The van der Waals surface area contributed by atoms with Crippen molar-refractivity contribution < 1.29 is 9.63 Å². The van der Waals surface area contributed by atoms with Gasteiger partial charge in [0.15, 0.2) is 0 Å². The van der Waals surface area contributed by atoms with E-state index in [0.29, 0.717) is 5.71 Å². The Hall–Kier alpha value is -2.95. The second kappa shape index (κ2) is 5.58. The maximum atomic E-state index is 11.0. The highest BCUT2D eigenvalue weighted by Crippen LogP contribution is 2.16. The van der Waals surface area contributed by atoms with E-state index in [1.807, 2.05) is 48.5 Å². The van der Waals surface area contributed by atoms with E-state index in [1.165, 1.54) is 6.92 Å². The first-order valence-corrected chi connectivity index (χ1v) is 6.48. The Kier molecular flexibility index (Phi) is 3.47. The van der Waals surface area contributed by atoms with Gasteiger partial charge in [-0.25, -0.2) is 9.78 Å². The maximum absolute atomic E-state index is 11.0. The summed E-state index contributed by atoms with van der Waals surface area (Å²) < 4.78 is 0. The lowest BCUT2D eigenvalue weighted by Gasteiger charge is -2.06. The summed E-state index contributed by atoms with van der Waals surface area (Å²) >= 11 is 0. The summed E-state index contributed by atoms with van der Waals surface area (Å²) in [7, 11) is 0. The van der Waals surface area contributed by atoms with Crippen molar-refractivity contribution in [2.45, 2.75) is 6.92 Å². The second-order valence-electron chi connectivity index (χ2n) is 4.52. The summed E-state index contributed by atoms with van der Waals surface area (Å²) in [6.07, 6.45) is 1.64. The van der Waals surface area contributed by atoms with Crippen LogP contribution in [-0.4, -0.2) is 21.6 Å². The van der Waals surface area contributed by atoms with Gasteiger partial charge in [-0.3, -0.25) is 0 Å². The van der Waals surface area contributed by atoms with Crippen molar-refractivity contribution in [1.29, 1.82) is 0 Å². The molecule has 21 heavy (non-hydrogen) atoms. The van der Waals surface area contributed by atoms with Crippen molar-refractivity contribution in [2.24, 2.45) is 5.16 Å². The van der Waals surface area contributed by atoms with Crippen molar-refractivity contribution in [2.75, 3.05) is 0 Å². The summed E-state index contributed by atoms with van der Waals surface area (Å²) in [6.45, 7) is 1.32. The molecular formula is C16H13N3O2. The average molecular weight is 279 g/mol. The van der Waals surface area contributed by atoms with E-state index < -0.39 is 5.97 Å². The SMILES string of the molecule is CC(=O)ON=C(c1ccccc1)c1ccc2nc[nH]c2c1. The van der Waals surface area contributed by atoms with Crippen LogP contribution < -0.4 is 0 Å². The first-order chi connectivity index (χ1) is 10.2. The highest BCUT2D eigenvalue weighted by molar-refractivity contribution is 6.13. The zero-order valence-electron chi connectivity index (χ0n) is 11.4. The molecule has 5 heteroatoms. The number of imidazole rings is 1. The van der Waals surface area contributed by atoms with Gasteiger partial charge in [-0.15, -0.1) is 0 Å². The number of aromatic amines is 1. The van der Waals surface area contributed by atoms with Crippen LogP contribution in [0.2, 0.25) is 0 Å². The number of hydrogen-bond donors (Lipinski definition) is 1. The van der Waals surface area contributed by atoms with Crippen LogP contribution in [0.25, 0.3) is 11.0 Å². The molecule has 0 fully saturated rings. The van der Waals surface area contributed by atoms with E-state index in [1.54, 1.807) is 6.33 Å². The molecule has 104 valence electrons. The number of oxime groups is 1. The molecule has 1 N–H and O–H groups in total. The van der Waals surface area contributed by atoms with Gasteiger partial charge in [0.25, 0.3) is 0 Å². The van der Waals surface area contributed by atoms with Crippen LogP contribution in [0.3, 0.4) is 0 Å². The molecule has 0 saturated carbocycles. The zero-order chi connectivity index (χ0) is 14.7. The van der Waals surface area contributed by atoms with E-state index in [4.69, 9.17) is 4.84 Å². The molecule has 0 spiro atoms. The minimum atomic E-state index is -0.453. The first kappa shape index (κ1) is 13.1. The third-order valence-corrected chi connectivity index (χ3v) is 3.01. The summed E-state index contributed by atoms with van der Waals surface area (Å²) in [5, 5.41) is 3.99. The minimum Gasteiger partial charge on any atom is -0.345 e. The Balaban J connectivity index is 2.09. The standard InChI is InChI=1S/C16H13N3O2/c1-11(20)21-19-16(12-5-3-2-4-6-12)13-7-8-14-15(9-13)18-10-17-14/h2-10H,1H3,(H,17,18). The molecule has 3 aromatic rings. The van der Waals surface area contributed by atoms with Crippen molar-refractivity contribution in [3.63, 3.8) is 0 Å². The zero-order valence-corrected chi connectivity index (χ0v) is 11.4. The molecule has 0 radical (unpaired) electrons. The molecule has 0 saturated heterocycles. The fourth-order valence-electron chi connectivity index (χ4n) is 2.06. The molecule has 1 heterocycles. The van der Waals surface area contributed by atoms with Crippen LogP contribution in [0.15, 0.2) is 60.0 Å². The minimum absolute atomic E-state index is 0.453. The van der Waals surface area contributed by atoms with Crippen LogP contribution in [0, 0.1) is 0 Å². The van der Waals surface area contributed by atoms with Gasteiger partial charge in [-0.1, -0.05) is 41.6 Å². The van der Waals surface area contributed by atoms with E-state index in [0.717, 1.165) is 22.2 Å². The number of carbonyl (C=O) groups excluding carboxylic acids is 1. The number of hydrogen-bond acceptors (Lipinski definition) is 4. The number of nitrogens with one attached hydrogen (secondary N) is 1. The molecule has 2 aromatic carbocycles. The van der Waals surface area contributed by atoms with Gasteiger partial charge in [0, 0.05) is 18.1 Å². The number of aromatic nitrogens is 2. The number of carbonyl (C=O) groups is 1. The lowest BCUT2D eigenvalue weighted by atomic mass is 10.0. The van der Waals surface area contributed by atoms with Gasteiger partial charge in [0.05, 0.1) is 17.4 Å². The molecule has 0 aliphatic heterocycles. The van der Waals surface area contributed by atoms with Crippen molar-refractivity contribution in [3.05, 3.63) is 66.0 Å². The molecule has 0 bridgehead atoms. The van der Waals surface area contributed by atoms with Gasteiger partial charge in [0.2, 0.25) is 0 Å². The fraction of sp³-hybridized carbons (Fsp3) is 0.0625. The van der Waals surface area contributed by atoms with E-state index in [-0.39, 0.29) is 0 Å². The lowest BCUT2D eigenvalue weighted by Crippen LogP contribution is -2.06. The van der Waals surface area contributed by atoms with Crippen LogP contribution in [0.4, 0.5) is 0 Å². The summed E-state index contributed by atoms with van der Waals surface area (Å²) in [5.74, 6) is -0.453. The van der Waals surface area contributed by atoms with E-state index >= 15 is 0 Å². The molecule has 0 unspecified atom stereocenters. The van der Waals surface area contributed by atoms with Crippen molar-refractivity contribution >= 4 is 22.7 Å². The van der Waals surface area contributed by atoms with Crippen LogP contribution in [0.5, 0.6) is 0 Å². The van der Waals surface area contributed by atoms with E-state index in [9.17, 15) is 4.79 Å². The maximum Gasteiger partial charge on any atom is 0.332 e. The monoisotopic (exact) mass is 279 g/mol. The molecule has 0 aliphatic carbocycles. The second-order valence-corrected chi connectivity index (χ2v) is 4.52. The lowest BCUT2D eigenvalue weighted by molar-refractivity contribution is -0.140. The van der Waals surface area contributed by atoms with Gasteiger partial charge >= 0.3 is 5.97 Å². The van der Waals surface area contributed by atoms with Gasteiger partial charge in [-0.05, 0) is 12.1 Å². The fourth-order valence-corrected chi connectivity index (χ4v) is 2.06. The topological polar surface area (TPSA) is 67.3 Å². The summed E-state index contributed by atoms with van der Waals surface area (Å²) in [6, 6.07) is 15.3.